The monoisotopic (exact) mass is 381 g/mol. The standard InChI is InChI=1S/C20H20ClN5O/c21-19-17(14-24-26(20(19)27)16-6-2-1-3-7-16)23-13-15-8-9-22-18(12-15)25-10-4-5-11-25/h1-3,6-9,12,14,23H,4-5,10-11,13H2. The molecule has 7 heteroatoms. The highest BCUT2D eigenvalue weighted by Gasteiger charge is 2.14. The van der Waals surface area contributed by atoms with Crippen molar-refractivity contribution in [2.24, 2.45) is 0 Å². The summed E-state index contributed by atoms with van der Waals surface area (Å²) in [6, 6.07) is 13.3. The molecule has 1 saturated heterocycles. The Labute approximate surface area is 162 Å². The van der Waals surface area contributed by atoms with Gasteiger partial charge in [0.05, 0.1) is 17.6 Å². The highest BCUT2D eigenvalue weighted by atomic mass is 35.5. The summed E-state index contributed by atoms with van der Waals surface area (Å²) in [5, 5.41) is 7.58. The van der Waals surface area contributed by atoms with E-state index in [9.17, 15) is 4.79 Å². The third-order valence-electron chi connectivity index (χ3n) is 4.64. The SMILES string of the molecule is O=c1c(Cl)c(NCc2ccnc(N3CCCC3)c2)cnn1-c1ccccc1. The largest absolute Gasteiger partial charge is 0.378 e. The molecule has 0 bridgehead atoms. The fourth-order valence-corrected chi connectivity index (χ4v) is 3.39. The Balaban J connectivity index is 1.51. The summed E-state index contributed by atoms with van der Waals surface area (Å²) in [6.07, 6.45) is 5.82. The van der Waals surface area contributed by atoms with Gasteiger partial charge in [-0.1, -0.05) is 29.8 Å². The predicted octanol–water partition coefficient (Wildman–Crippen LogP) is 3.49. The van der Waals surface area contributed by atoms with E-state index in [1.165, 1.54) is 17.5 Å². The van der Waals surface area contributed by atoms with Crippen LogP contribution in [0.5, 0.6) is 0 Å². The molecule has 138 valence electrons. The highest BCUT2D eigenvalue weighted by molar-refractivity contribution is 6.32. The molecule has 1 aromatic carbocycles. The molecule has 27 heavy (non-hydrogen) atoms. The molecule has 3 heterocycles. The van der Waals surface area contributed by atoms with Gasteiger partial charge in [0.1, 0.15) is 10.8 Å². The Morgan fingerprint density at radius 1 is 1.11 bits per heavy atom. The van der Waals surface area contributed by atoms with Gasteiger partial charge < -0.3 is 10.2 Å². The van der Waals surface area contributed by atoms with Gasteiger partial charge in [0.15, 0.2) is 0 Å². The highest BCUT2D eigenvalue weighted by Crippen LogP contribution is 2.21. The lowest BCUT2D eigenvalue weighted by Crippen LogP contribution is -2.22. The Bertz CT molecular complexity index is 983. The van der Waals surface area contributed by atoms with Gasteiger partial charge in [0.25, 0.3) is 5.56 Å². The van der Waals surface area contributed by atoms with Gasteiger partial charge in [-0.25, -0.2) is 4.98 Å². The van der Waals surface area contributed by atoms with Crippen LogP contribution in [0.2, 0.25) is 5.02 Å². The Hall–Kier alpha value is -2.86. The Kier molecular flexibility index (Phi) is 5.07. The first kappa shape index (κ1) is 17.5. The van der Waals surface area contributed by atoms with E-state index in [0.717, 1.165) is 24.5 Å². The number of nitrogens with zero attached hydrogens (tertiary/aromatic N) is 4. The van der Waals surface area contributed by atoms with Gasteiger partial charge >= 0.3 is 0 Å². The van der Waals surface area contributed by atoms with E-state index in [0.29, 0.717) is 17.9 Å². The Morgan fingerprint density at radius 2 is 1.89 bits per heavy atom. The van der Waals surface area contributed by atoms with Crippen LogP contribution in [0, 0.1) is 0 Å². The molecule has 1 fully saturated rings. The molecule has 4 rings (SSSR count). The van der Waals surface area contributed by atoms with Crippen LogP contribution in [-0.2, 0) is 6.54 Å². The maximum atomic E-state index is 12.5. The molecule has 3 aromatic rings. The zero-order valence-corrected chi connectivity index (χ0v) is 15.6. The third-order valence-corrected chi connectivity index (χ3v) is 5.01. The van der Waals surface area contributed by atoms with Crippen LogP contribution in [0.25, 0.3) is 5.69 Å². The number of hydrogen-bond acceptors (Lipinski definition) is 5. The zero-order chi connectivity index (χ0) is 18.6. The van der Waals surface area contributed by atoms with Crippen LogP contribution in [0.4, 0.5) is 11.5 Å². The number of benzene rings is 1. The van der Waals surface area contributed by atoms with Crippen LogP contribution >= 0.6 is 11.6 Å². The maximum Gasteiger partial charge on any atom is 0.292 e. The molecule has 0 atom stereocenters. The molecule has 0 saturated carbocycles. The lowest BCUT2D eigenvalue weighted by Gasteiger charge is -2.17. The number of pyridine rings is 1. The second-order valence-corrected chi connectivity index (χ2v) is 6.87. The van der Waals surface area contributed by atoms with E-state index >= 15 is 0 Å². The first-order valence-electron chi connectivity index (χ1n) is 8.99. The minimum atomic E-state index is -0.347. The van der Waals surface area contributed by atoms with Crippen molar-refractivity contribution in [3.8, 4) is 5.69 Å². The summed E-state index contributed by atoms with van der Waals surface area (Å²) in [6.45, 7) is 2.65. The van der Waals surface area contributed by atoms with Gasteiger partial charge in [0.2, 0.25) is 0 Å². The summed E-state index contributed by atoms with van der Waals surface area (Å²) < 4.78 is 1.30. The predicted molar refractivity (Wildman–Crippen MR) is 108 cm³/mol. The maximum absolute atomic E-state index is 12.5. The van der Waals surface area contributed by atoms with E-state index in [1.54, 1.807) is 6.20 Å². The first-order valence-corrected chi connectivity index (χ1v) is 9.37. The molecular formula is C20H20ClN5O. The minimum absolute atomic E-state index is 0.127. The van der Waals surface area contributed by atoms with E-state index in [-0.39, 0.29) is 10.6 Å². The summed E-state index contributed by atoms with van der Waals surface area (Å²) in [5.74, 6) is 0.996. The average molecular weight is 382 g/mol. The van der Waals surface area contributed by atoms with Crippen molar-refractivity contribution < 1.29 is 0 Å². The van der Waals surface area contributed by atoms with Gasteiger partial charge in [-0.2, -0.15) is 9.78 Å². The molecule has 0 unspecified atom stereocenters. The average Bonchev–Trinajstić information content (AvgIpc) is 3.25. The zero-order valence-electron chi connectivity index (χ0n) is 14.8. The number of aromatic nitrogens is 3. The van der Waals surface area contributed by atoms with Gasteiger partial charge in [-0.3, -0.25) is 4.79 Å². The molecule has 0 radical (unpaired) electrons. The lowest BCUT2D eigenvalue weighted by atomic mass is 10.2. The van der Waals surface area contributed by atoms with Crippen molar-refractivity contribution in [2.75, 3.05) is 23.3 Å². The summed E-state index contributed by atoms with van der Waals surface area (Å²) in [5.41, 5.74) is 1.93. The van der Waals surface area contributed by atoms with Crippen LogP contribution in [0.1, 0.15) is 18.4 Å². The smallest absolute Gasteiger partial charge is 0.292 e. The molecule has 6 nitrogen and oxygen atoms in total. The van der Waals surface area contributed by atoms with E-state index in [2.05, 4.69) is 26.4 Å². The van der Waals surface area contributed by atoms with Crippen LogP contribution < -0.4 is 15.8 Å². The molecule has 1 aliphatic heterocycles. The Morgan fingerprint density at radius 3 is 2.67 bits per heavy atom. The normalized spacial score (nSPS) is 13.7. The number of rotatable bonds is 5. The van der Waals surface area contributed by atoms with Crippen LogP contribution in [0.15, 0.2) is 59.7 Å². The summed E-state index contributed by atoms with van der Waals surface area (Å²) >= 11 is 6.29. The molecule has 2 aromatic heterocycles. The first-order chi connectivity index (χ1) is 13.2. The number of hydrogen-bond donors (Lipinski definition) is 1. The summed E-state index contributed by atoms with van der Waals surface area (Å²) in [7, 11) is 0. The van der Waals surface area contributed by atoms with Gasteiger partial charge in [-0.15, -0.1) is 0 Å². The van der Waals surface area contributed by atoms with Crippen molar-refractivity contribution in [3.05, 3.63) is 75.8 Å². The number of halogens is 1. The fourth-order valence-electron chi connectivity index (χ4n) is 3.20. The van der Waals surface area contributed by atoms with E-state index in [1.807, 2.05) is 42.6 Å². The van der Waals surface area contributed by atoms with Crippen molar-refractivity contribution in [1.82, 2.24) is 14.8 Å². The second kappa shape index (κ2) is 7.80. The fraction of sp³-hybridized carbons (Fsp3) is 0.250. The molecule has 0 spiro atoms. The second-order valence-electron chi connectivity index (χ2n) is 6.49. The summed E-state index contributed by atoms with van der Waals surface area (Å²) in [4.78, 5) is 19.3. The van der Waals surface area contributed by atoms with E-state index in [4.69, 9.17) is 11.6 Å². The molecule has 1 aliphatic rings. The number of para-hydroxylation sites is 1. The van der Waals surface area contributed by atoms with Crippen molar-refractivity contribution >= 4 is 23.1 Å². The molecule has 1 N–H and O–H groups in total. The third kappa shape index (κ3) is 3.80. The lowest BCUT2D eigenvalue weighted by molar-refractivity contribution is 0.807. The number of nitrogens with one attached hydrogen (secondary N) is 1. The number of anilines is 2. The van der Waals surface area contributed by atoms with E-state index < -0.39 is 0 Å². The van der Waals surface area contributed by atoms with Gasteiger partial charge in [-0.05, 0) is 42.7 Å². The van der Waals surface area contributed by atoms with Crippen molar-refractivity contribution in [2.45, 2.75) is 19.4 Å². The van der Waals surface area contributed by atoms with Crippen molar-refractivity contribution in [3.63, 3.8) is 0 Å². The van der Waals surface area contributed by atoms with Crippen LogP contribution in [0.3, 0.4) is 0 Å². The molecule has 0 aliphatic carbocycles. The van der Waals surface area contributed by atoms with Gasteiger partial charge in [0, 0.05) is 25.8 Å². The van der Waals surface area contributed by atoms with Crippen LogP contribution in [-0.4, -0.2) is 27.9 Å². The van der Waals surface area contributed by atoms with Crippen molar-refractivity contribution in [1.29, 1.82) is 0 Å². The minimum Gasteiger partial charge on any atom is -0.378 e. The topological polar surface area (TPSA) is 63.1 Å². The quantitative estimate of drug-likeness (QED) is 0.733. The molecular weight excluding hydrogens is 362 g/mol. The molecule has 0 amide bonds.